The van der Waals surface area contributed by atoms with E-state index in [1.54, 1.807) is 37.5 Å². The van der Waals surface area contributed by atoms with Crippen LogP contribution in [0.2, 0.25) is 0 Å². The van der Waals surface area contributed by atoms with Gasteiger partial charge in [-0.25, -0.2) is 0 Å². The largest absolute Gasteiger partial charge is 0.497 e. The topological polar surface area (TPSA) is 81.7 Å². The smallest absolute Gasteiger partial charge is 0.303 e. The van der Waals surface area contributed by atoms with Crippen LogP contribution in [0.3, 0.4) is 0 Å². The van der Waals surface area contributed by atoms with Crippen LogP contribution in [0.25, 0.3) is 0 Å². The Hall–Kier alpha value is -2.91. The number of carbonyl (C=O) groups excluding carboxylic acids is 1. The Morgan fingerprint density at radius 3 is 2.45 bits per heavy atom. The molecule has 8 heteroatoms. The summed E-state index contributed by atoms with van der Waals surface area (Å²) in [4.78, 5) is 12.0. The summed E-state index contributed by atoms with van der Waals surface area (Å²) in [5.41, 5.74) is 0.874. The Balaban J connectivity index is 1.59. The lowest BCUT2D eigenvalue weighted by Crippen LogP contribution is -2.64. The molecule has 0 amide bonds. The molecule has 0 aliphatic carbocycles. The lowest BCUT2D eigenvalue weighted by molar-refractivity contribution is -0.354. The van der Waals surface area contributed by atoms with Crippen molar-refractivity contribution in [3.8, 4) is 11.5 Å². The second-order valence-corrected chi connectivity index (χ2v) is 7.67. The zero-order valence-corrected chi connectivity index (χ0v) is 18.6. The second kappa shape index (κ2) is 10.8. The predicted molar refractivity (Wildman–Crippen MR) is 118 cm³/mol. The number of benzene rings is 2. The van der Waals surface area contributed by atoms with E-state index in [4.69, 9.17) is 33.2 Å². The van der Waals surface area contributed by atoms with Crippen LogP contribution in [0.5, 0.6) is 11.5 Å². The summed E-state index contributed by atoms with van der Waals surface area (Å²) in [6.45, 7) is 5.55. The summed E-state index contributed by atoms with van der Waals surface area (Å²) < 4.78 is 41.3. The molecule has 0 spiro atoms. The Labute approximate surface area is 192 Å². The van der Waals surface area contributed by atoms with E-state index < -0.39 is 43.0 Å². The van der Waals surface area contributed by atoms with Gasteiger partial charge in [0.2, 0.25) is 6.29 Å². The van der Waals surface area contributed by atoms with E-state index >= 15 is 0 Å². The predicted octanol–water partition coefficient (Wildman–Crippen LogP) is 3.42. The molecule has 2 aromatic carbocycles. The number of hydrogen-bond acceptors (Lipinski definition) is 8. The van der Waals surface area contributed by atoms with E-state index in [0.717, 1.165) is 5.56 Å². The van der Waals surface area contributed by atoms with Crippen molar-refractivity contribution in [1.82, 2.24) is 0 Å². The molecule has 0 saturated carbocycles. The molecule has 6 unspecified atom stereocenters. The van der Waals surface area contributed by atoms with Gasteiger partial charge in [0.1, 0.15) is 29.8 Å². The first-order chi connectivity index (χ1) is 16.1. The van der Waals surface area contributed by atoms with Crippen molar-refractivity contribution < 1.29 is 38.0 Å². The number of esters is 1. The Morgan fingerprint density at radius 1 is 1.06 bits per heavy atom. The van der Waals surface area contributed by atoms with Crippen LogP contribution in [0.15, 0.2) is 67.3 Å². The average molecular weight is 456 g/mol. The van der Waals surface area contributed by atoms with Crippen LogP contribution in [0.1, 0.15) is 18.8 Å². The number of carbonyl (C=O) groups is 1. The fourth-order valence-corrected chi connectivity index (χ4v) is 3.90. The van der Waals surface area contributed by atoms with Crippen LogP contribution >= 0.6 is 0 Å². The molecule has 2 aliphatic heterocycles. The van der Waals surface area contributed by atoms with Crippen molar-refractivity contribution in [2.24, 2.45) is 0 Å². The minimum atomic E-state index is -0.932. The highest BCUT2D eigenvalue weighted by Crippen LogP contribution is 2.37. The van der Waals surface area contributed by atoms with E-state index in [1.807, 2.05) is 30.3 Å². The maximum atomic E-state index is 12.0. The molecule has 6 atom stereocenters. The molecular weight excluding hydrogens is 428 g/mol. The van der Waals surface area contributed by atoms with Crippen molar-refractivity contribution in [2.45, 2.75) is 43.9 Å². The van der Waals surface area contributed by atoms with Crippen molar-refractivity contribution in [2.75, 3.05) is 20.3 Å². The highest BCUT2D eigenvalue weighted by atomic mass is 16.8. The average Bonchev–Trinajstić information content (AvgIpc) is 2.84. The van der Waals surface area contributed by atoms with Gasteiger partial charge in [-0.05, 0) is 24.3 Å². The molecule has 2 aliphatic rings. The third-order valence-electron chi connectivity index (χ3n) is 5.38. The molecule has 0 radical (unpaired) electrons. The van der Waals surface area contributed by atoms with Gasteiger partial charge in [-0.2, -0.15) is 0 Å². The minimum Gasteiger partial charge on any atom is -0.497 e. The fourth-order valence-electron chi connectivity index (χ4n) is 3.90. The highest BCUT2D eigenvalue weighted by Gasteiger charge is 2.53. The number of rotatable bonds is 8. The van der Waals surface area contributed by atoms with E-state index in [1.165, 1.54) is 6.92 Å². The van der Waals surface area contributed by atoms with Gasteiger partial charge in [-0.3, -0.25) is 4.79 Å². The summed E-state index contributed by atoms with van der Waals surface area (Å²) in [5, 5.41) is 0. The Morgan fingerprint density at radius 2 is 1.79 bits per heavy atom. The number of methoxy groups -OCH3 is 1. The van der Waals surface area contributed by atoms with Crippen molar-refractivity contribution in [1.29, 1.82) is 0 Å². The first kappa shape index (κ1) is 23.3. The second-order valence-electron chi connectivity index (χ2n) is 7.67. The van der Waals surface area contributed by atoms with E-state index in [2.05, 4.69) is 6.58 Å². The monoisotopic (exact) mass is 456 g/mol. The summed E-state index contributed by atoms with van der Waals surface area (Å²) in [5.74, 6) is 0.736. The van der Waals surface area contributed by atoms with E-state index in [0.29, 0.717) is 11.5 Å². The molecule has 2 heterocycles. The zero-order chi connectivity index (χ0) is 23.2. The van der Waals surface area contributed by atoms with Gasteiger partial charge in [0, 0.05) is 12.5 Å². The molecule has 0 aromatic heterocycles. The van der Waals surface area contributed by atoms with Crippen LogP contribution < -0.4 is 9.47 Å². The van der Waals surface area contributed by atoms with Gasteiger partial charge >= 0.3 is 5.97 Å². The van der Waals surface area contributed by atoms with Gasteiger partial charge in [-0.1, -0.05) is 36.4 Å². The maximum absolute atomic E-state index is 12.0. The van der Waals surface area contributed by atoms with Crippen LogP contribution in [0.4, 0.5) is 0 Å². The molecule has 176 valence electrons. The van der Waals surface area contributed by atoms with Crippen molar-refractivity contribution in [3.63, 3.8) is 0 Å². The summed E-state index contributed by atoms with van der Waals surface area (Å²) in [6.07, 6.45) is -2.48. The fraction of sp³-hybridized carbons (Fsp3) is 0.400. The van der Waals surface area contributed by atoms with Gasteiger partial charge < -0.3 is 33.2 Å². The van der Waals surface area contributed by atoms with Gasteiger partial charge in [0.15, 0.2) is 12.4 Å². The first-order valence-corrected chi connectivity index (χ1v) is 10.8. The van der Waals surface area contributed by atoms with E-state index in [9.17, 15) is 4.79 Å². The normalized spacial score (nSPS) is 28.9. The summed E-state index contributed by atoms with van der Waals surface area (Å²) >= 11 is 0. The summed E-state index contributed by atoms with van der Waals surface area (Å²) in [7, 11) is 1.59. The van der Waals surface area contributed by atoms with Crippen LogP contribution in [-0.2, 0) is 28.5 Å². The quantitative estimate of drug-likeness (QED) is 0.442. The lowest BCUT2D eigenvalue weighted by atomic mass is 9.97. The third-order valence-corrected chi connectivity index (χ3v) is 5.38. The molecule has 0 N–H and O–H groups in total. The Kier molecular flexibility index (Phi) is 7.61. The molecule has 8 nitrogen and oxygen atoms in total. The number of fused-ring (bicyclic) bond motifs is 1. The standard InChI is InChI=1S/C25H28O8/c1-4-14-28-22-21-20(15-29-24(33-21)17-8-6-5-7-9-17)32-25(23(22)30-16(2)26)31-19-12-10-18(27-3)11-13-19/h4-13,20-25H,1,14-15H2,2-3H3. The van der Waals surface area contributed by atoms with Gasteiger partial charge in [-0.15, -0.1) is 6.58 Å². The van der Waals surface area contributed by atoms with Gasteiger partial charge in [0.05, 0.1) is 20.3 Å². The van der Waals surface area contributed by atoms with Crippen LogP contribution in [0, 0.1) is 0 Å². The molecule has 33 heavy (non-hydrogen) atoms. The molecule has 2 saturated heterocycles. The first-order valence-electron chi connectivity index (χ1n) is 10.8. The molecular formula is C25H28O8. The molecule has 0 bridgehead atoms. The summed E-state index contributed by atoms with van der Waals surface area (Å²) in [6, 6.07) is 16.6. The maximum Gasteiger partial charge on any atom is 0.303 e. The van der Waals surface area contributed by atoms with Crippen LogP contribution in [-0.4, -0.2) is 57.0 Å². The molecule has 4 rings (SSSR count). The molecule has 2 aromatic rings. The third kappa shape index (κ3) is 5.54. The minimum absolute atomic E-state index is 0.237. The zero-order valence-electron chi connectivity index (χ0n) is 18.6. The number of hydrogen-bond donors (Lipinski definition) is 0. The molecule has 2 fully saturated rings. The highest BCUT2D eigenvalue weighted by molar-refractivity contribution is 5.66. The van der Waals surface area contributed by atoms with Crippen molar-refractivity contribution >= 4 is 5.97 Å². The Bertz CT molecular complexity index is 916. The van der Waals surface area contributed by atoms with Crippen molar-refractivity contribution in [3.05, 3.63) is 72.8 Å². The number of ether oxygens (including phenoxy) is 7. The SMILES string of the molecule is C=CCOC1C2OC(c3ccccc3)OCC2OC(Oc2ccc(OC)cc2)C1OC(C)=O. The van der Waals surface area contributed by atoms with Gasteiger partial charge in [0.25, 0.3) is 0 Å². The lowest BCUT2D eigenvalue weighted by Gasteiger charge is -2.48. The van der Waals surface area contributed by atoms with E-state index in [-0.39, 0.29) is 13.2 Å².